The van der Waals surface area contributed by atoms with Crippen molar-refractivity contribution in [3.63, 3.8) is 0 Å². The summed E-state index contributed by atoms with van der Waals surface area (Å²) < 4.78 is 33.5. The first-order valence-electron chi connectivity index (χ1n) is 10.8. The largest absolute Gasteiger partial charge is 0.467 e. The highest BCUT2D eigenvalue weighted by atomic mass is 32.2. The number of thiazole rings is 1. The molecule has 2 aromatic heterocycles. The van der Waals surface area contributed by atoms with Gasteiger partial charge in [-0.05, 0) is 60.9 Å². The lowest BCUT2D eigenvalue weighted by atomic mass is 10.2. The minimum atomic E-state index is -3.60. The number of furan rings is 1. The molecule has 4 aromatic rings. The molecule has 34 heavy (non-hydrogen) atoms. The Morgan fingerprint density at radius 1 is 1.09 bits per heavy atom. The number of benzene rings is 2. The third-order valence-electron chi connectivity index (χ3n) is 5.40. The zero-order valence-corrected chi connectivity index (χ0v) is 21.5. The molecule has 2 heterocycles. The van der Waals surface area contributed by atoms with Crippen LogP contribution in [-0.4, -0.2) is 43.0 Å². The first kappa shape index (κ1) is 24.5. The summed E-state index contributed by atoms with van der Waals surface area (Å²) in [5, 5.41) is 0.550. The molecule has 0 aliphatic rings. The van der Waals surface area contributed by atoms with Gasteiger partial charge in [0, 0.05) is 23.5 Å². The van der Waals surface area contributed by atoms with Crippen LogP contribution in [0.2, 0.25) is 0 Å². The predicted octanol–water partition coefficient (Wildman–Crippen LogP) is 5.49. The normalized spacial score (nSPS) is 11.9. The van der Waals surface area contributed by atoms with Crippen molar-refractivity contribution in [2.75, 3.05) is 24.2 Å². The SMILES string of the molecule is CCN(CC)S(=O)(=O)c1ccc(C(=O)N(Cc2ccco2)c2nc3ccc(SC)cc3s2)cc1. The number of amides is 1. The summed E-state index contributed by atoms with van der Waals surface area (Å²) in [6, 6.07) is 15.6. The molecule has 0 atom stereocenters. The maximum Gasteiger partial charge on any atom is 0.260 e. The van der Waals surface area contributed by atoms with Gasteiger partial charge in [0.2, 0.25) is 10.0 Å². The van der Waals surface area contributed by atoms with E-state index in [-0.39, 0.29) is 17.3 Å². The van der Waals surface area contributed by atoms with Crippen LogP contribution < -0.4 is 4.90 Å². The van der Waals surface area contributed by atoms with Gasteiger partial charge < -0.3 is 4.42 Å². The molecule has 2 aromatic carbocycles. The molecule has 10 heteroatoms. The minimum Gasteiger partial charge on any atom is -0.467 e. The summed E-state index contributed by atoms with van der Waals surface area (Å²) >= 11 is 3.08. The van der Waals surface area contributed by atoms with Gasteiger partial charge in [-0.15, -0.1) is 11.8 Å². The topological polar surface area (TPSA) is 83.7 Å². The molecule has 0 saturated heterocycles. The number of hydrogen-bond donors (Lipinski definition) is 0. The summed E-state index contributed by atoms with van der Waals surface area (Å²) in [5.74, 6) is 0.338. The molecule has 0 fully saturated rings. The maximum atomic E-state index is 13.6. The van der Waals surface area contributed by atoms with E-state index in [0.717, 1.165) is 15.1 Å². The number of fused-ring (bicyclic) bond motifs is 1. The quantitative estimate of drug-likeness (QED) is 0.274. The number of carbonyl (C=O) groups is 1. The summed E-state index contributed by atoms with van der Waals surface area (Å²) in [6.45, 7) is 4.57. The van der Waals surface area contributed by atoms with E-state index in [1.54, 1.807) is 61.0 Å². The molecule has 0 bridgehead atoms. The zero-order valence-electron chi connectivity index (χ0n) is 19.1. The van der Waals surface area contributed by atoms with E-state index in [1.807, 2.05) is 18.4 Å². The average Bonchev–Trinajstić information content (AvgIpc) is 3.52. The fraction of sp³-hybridized carbons (Fsp3) is 0.250. The average molecular weight is 516 g/mol. The third-order valence-corrected chi connectivity index (χ3v) is 9.23. The highest BCUT2D eigenvalue weighted by Gasteiger charge is 2.25. The summed E-state index contributed by atoms with van der Waals surface area (Å²) in [4.78, 5) is 21.1. The van der Waals surface area contributed by atoms with Crippen LogP contribution in [0, 0.1) is 0 Å². The monoisotopic (exact) mass is 515 g/mol. The van der Waals surface area contributed by atoms with Crippen LogP contribution in [0.3, 0.4) is 0 Å². The molecule has 0 aliphatic carbocycles. The Bertz CT molecular complexity index is 1380. The molecule has 4 rings (SSSR count). The van der Waals surface area contributed by atoms with Crippen LogP contribution in [0.1, 0.15) is 30.0 Å². The second-order valence-electron chi connectivity index (χ2n) is 7.41. The molecule has 0 spiro atoms. The molecule has 0 N–H and O–H groups in total. The Hall–Kier alpha value is -2.66. The van der Waals surface area contributed by atoms with Crippen molar-refractivity contribution in [2.45, 2.75) is 30.2 Å². The summed E-state index contributed by atoms with van der Waals surface area (Å²) in [5.41, 5.74) is 1.19. The summed E-state index contributed by atoms with van der Waals surface area (Å²) in [6.07, 6.45) is 3.58. The number of hydrogen-bond acceptors (Lipinski definition) is 7. The number of nitrogens with zero attached hydrogens (tertiary/aromatic N) is 3. The minimum absolute atomic E-state index is 0.162. The summed E-state index contributed by atoms with van der Waals surface area (Å²) in [7, 11) is -3.60. The molecule has 0 aliphatic heterocycles. The van der Waals surface area contributed by atoms with E-state index in [4.69, 9.17) is 4.42 Å². The molecular formula is C24H25N3O4S3. The fourth-order valence-corrected chi connectivity index (χ4v) is 6.53. The van der Waals surface area contributed by atoms with Gasteiger partial charge >= 0.3 is 0 Å². The number of carbonyl (C=O) groups excluding carboxylic acids is 1. The molecule has 0 saturated carbocycles. The van der Waals surface area contributed by atoms with E-state index < -0.39 is 10.0 Å². The Labute approximate surface area is 207 Å². The Morgan fingerprint density at radius 3 is 2.44 bits per heavy atom. The number of sulfonamides is 1. The van der Waals surface area contributed by atoms with Crippen molar-refractivity contribution >= 4 is 54.4 Å². The number of rotatable bonds is 9. The van der Waals surface area contributed by atoms with Crippen LogP contribution in [-0.2, 0) is 16.6 Å². The first-order valence-corrected chi connectivity index (χ1v) is 14.2. The Morgan fingerprint density at radius 2 is 1.82 bits per heavy atom. The highest BCUT2D eigenvalue weighted by molar-refractivity contribution is 7.98. The smallest absolute Gasteiger partial charge is 0.260 e. The lowest BCUT2D eigenvalue weighted by Gasteiger charge is -2.20. The first-order chi connectivity index (χ1) is 16.4. The highest BCUT2D eigenvalue weighted by Crippen LogP contribution is 2.33. The Kier molecular flexibility index (Phi) is 7.42. The Balaban J connectivity index is 1.69. The van der Waals surface area contributed by atoms with Crippen molar-refractivity contribution < 1.29 is 17.6 Å². The molecule has 1 amide bonds. The van der Waals surface area contributed by atoms with Crippen molar-refractivity contribution in [2.24, 2.45) is 0 Å². The van der Waals surface area contributed by atoms with Gasteiger partial charge in [-0.1, -0.05) is 25.2 Å². The number of aromatic nitrogens is 1. The van der Waals surface area contributed by atoms with Crippen LogP contribution in [0.4, 0.5) is 5.13 Å². The van der Waals surface area contributed by atoms with Gasteiger partial charge in [0.1, 0.15) is 5.76 Å². The van der Waals surface area contributed by atoms with Crippen LogP contribution >= 0.6 is 23.1 Å². The molecule has 0 radical (unpaired) electrons. The predicted molar refractivity (Wildman–Crippen MR) is 137 cm³/mol. The van der Waals surface area contributed by atoms with Gasteiger partial charge in [0.15, 0.2) is 5.13 Å². The number of thioether (sulfide) groups is 1. The molecule has 0 unspecified atom stereocenters. The van der Waals surface area contributed by atoms with E-state index in [9.17, 15) is 13.2 Å². The lowest BCUT2D eigenvalue weighted by Crippen LogP contribution is -2.31. The number of anilines is 1. The lowest BCUT2D eigenvalue weighted by molar-refractivity contribution is 0.0983. The maximum absolute atomic E-state index is 13.6. The van der Waals surface area contributed by atoms with Crippen molar-refractivity contribution in [1.29, 1.82) is 0 Å². The van der Waals surface area contributed by atoms with Gasteiger partial charge in [-0.3, -0.25) is 9.69 Å². The molecular weight excluding hydrogens is 490 g/mol. The second-order valence-corrected chi connectivity index (χ2v) is 11.2. The fourth-order valence-electron chi connectivity index (χ4n) is 3.56. The van der Waals surface area contributed by atoms with Gasteiger partial charge in [0.25, 0.3) is 5.91 Å². The van der Waals surface area contributed by atoms with E-state index in [0.29, 0.717) is 29.5 Å². The van der Waals surface area contributed by atoms with Crippen LogP contribution in [0.15, 0.2) is 75.1 Å². The zero-order chi connectivity index (χ0) is 24.3. The van der Waals surface area contributed by atoms with Crippen molar-refractivity contribution in [1.82, 2.24) is 9.29 Å². The van der Waals surface area contributed by atoms with Gasteiger partial charge in [-0.2, -0.15) is 4.31 Å². The second kappa shape index (κ2) is 10.3. The van der Waals surface area contributed by atoms with Crippen molar-refractivity contribution in [3.8, 4) is 0 Å². The molecule has 178 valence electrons. The third kappa shape index (κ3) is 4.90. The standard InChI is InChI=1S/C24H25N3O4S3/c1-4-26(5-2)34(29,30)20-11-8-17(9-12-20)23(28)27(16-18-7-6-14-31-18)24-25-21-13-10-19(32-3)15-22(21)33-24/h6-15H,4-5,16H2,1-3H3. The van der Waals surface area contributed by atoms with Crippen molar-refractivity contribution in [3.05, 3.63) is 72.2 Å². The van der Waals surface area contributed by atoms with Crippen LogP contribution in [0.5, 0.6) is 0 Å². The van der Waals surface area contributed by atoms with E-state index in [2.05, 4.69) is 11.1 Å². The van der Waals surface area contributed by atoms with Crippen LogP contribution in [0.25, 0.3) is 10.2 Å². The van der Waals surface area contributed by atoms with Gasteiger partial charge in [-0.25, -0.2) is 13.4 Å². The molecule has 7 nitrogen and oxygen atoms in total. The van der Waals surface area contributed by atoms with E-state index >= 15 is 0 Å². The van der Waals surface area contributed by atoms with Gasteiger partial charge in [0.05, 0.1) is 27.9 Å². The van der Waals surface area contributed by atoms with E-state index in [1.165, 1.54) is 27.8 Å².